The predicted molar refractivity (Wildman–Crippen MR) is 120 cm³/mol. The highest BCUT2D eigenvalue weighted by atomic mass is 32.2. The molecule has 3 heterocycles. The Labute approximate surface area is 206 Å². The minimum absolute atomic E-state index is 0.0654. The molecule has 13 heteroatoms. The number of nitrogens with zero attached hydrogens (tertiary/aromatic N) is 3. The number of aryl methyl sites for hydroxylation is 1. The molecule has 1 aromatic carbocycles. The van der Waals surface area contributed by atoms with Gasteiger partial charge < -0.3 is 18.5 Å². The van der Waals surface area contributed by atoms with Gasteiger partial charge in [-0.3, -0.25) is 9.59 Å². The summed E-state index contributed by atoms with van der Waals surface area (Å²) in [5.41, 5.74) is 1.15. The minimum atomic E-state index is -4.74. The number of methoxy groups -OCH3 is 1. The van der Waals surface area contributed by atoms with E-state index in [0.29, 0.717) is 23.6 Å². The highest BCUT2D eigenvalue weighted by Gasteiger charge is 2.32. The van der Waals surface area contributed by atoms with Gasteiger partial charge in [0.25, 0.3) is 11.8 Å². The van der Waals surface area contributed by atoms with Crippen molar-refractivity contribution in [2.45, 2.75) is 50.0 Å². The largest absolute Gasteiger partial charge is 0.744 e. The number of benzene rings is 1. The number of hydroxylamine groups is 2. The summed E-state index contributed by atoms with van der Waals surface area (Å²) in [6.45, 7) is 0.688. The molecule has 190 valence electrons. The first-order chi connectivity index (χ1) is 17.2. The number of oxazole rings is 1. The number of aromatic nitrogens is 2. The SMILES string of the molecule is COc1cc2oc(-c3cc[n+](CCCCCC(=O)ON4C(=O)CCC4=O)cc3)nc2cc1S(=O)(=O)[O-]. The standard InChI is InChI=1S/C23H23N3O9S/c1-33-18-14-17-16(13-19(18)36(30,31)32)24-23(34-17)15-8-11-25(12-9-15)10-4-2-3-5-22(29)35-26-20(27)6-7-21(26)28/h8-9,11-14H,2-7,10H2,1H3. The molecule has 0 aliphatic carbocycles. The zero-order chi connectivity index (χ0) is 25.9. The molecule has 2 amide bonds. The Bertz CT molecular complexity index is 1400. The first-order valence-electron chi connectivity index (χ1n) is 11.2. The normalized spacial score (nSPS) is 14.0. The van der Waals surface area contributed by atoms with Crippen LogP contribution in [0.3, 0.4) is 0 Å². The topological polar surface area (TPSA) is 160 Å². The summed E-state index contributed by atoms with van der Waals surface area (Å²) < 4.78 is 47.1. The van der Waals surface area contributed by atoms with Gasteiger partial charge in [0.1, 0.15) is 27.9 Å². The second-order valence-electron chi connectivity index (χ2n) is 8.12. The monoisotopic (exact) mass is 517 g/mol. The molecule has 0 unspecified atom stereocenters. The Morgan fingerprint density at radius 3 is 2.47 bits per heavy atom. The van der Waals surface area contributed by atoms with Crippen LogP contribution in [0.5, 0.6) is 5.75 Å². The summed E-state index contributed by atoms with van der Waals surface area (Å²) in [7, 11) is -3.48. The van der Waals surface area contributed by atoms with Crippen molar-refractivity contribution < 1.29 is 45.9 Å². The number of hydrogen-bond acceptors (Lipinski definition) is 10. The smallest absolute Gasteiger partial charge is 0.333 e. The number of carbonyl (C=O) groups is 3. The molecule has 3 aromatic rings. The van der Waals surface area contributed by atoms with Crippen molar-refractivity contribution in [1.29, 1.82) is 0 Å². The summed E-state index contributed by atoms with van der Waals surface area (Å²) >= 11 is 0. The van der Waals surface area contributed by atoms with Gasteiger partial charge in [-0.25, -0.2) is 22.8 Å². The maximum absolute atomic E-state index is 11.8. The summed E-state index contributed by atoms with van der Waals surface area (Å²) in [4.78, 5) is 43.4. The zero-order valence-electron chi connectivity index (χ0n) is 19.3. The van der Waals surface area contributed by atoms with Crippen LogP contribution in [0.25, 0.3) is 22.6 Å². The molecule has 12 nitrogen and oxygen atoms in total. The number of ether oxygens (including phenoxy) is 1. The minimum Gasteiger partial charge on any atom is -0.744 e. The molecule has 0 radical (unpaired) electrons. The van der Waals surface area contributed by atoms with Crippen molar-refractivity contribution in [2.75, 3.05) is 7.11 Å². The van der Waals surface area contributed by atoms with Gasteiger partial charge in [-0.15, -0.1) is 5.06 Å². The van der Waals surface area contributed by atoms with Gasteiger partial charge >= 0.3 is 5.97 Å². The summed E-state index contributed by atoms with van der Waals surface area (Å²) in [5.74, 6) is -1.45. The fourth-order valence-electron chi connectivity index (χ4n) is 3.71. The lowest BCUT2D eigenvalue weighted by molar-refractivity contribution is -0.697. The second-order valence-corrected chi connectivity index (χ2v) is 9.47. The summed E-state index contributed by atoms with van der Waals surface area (Å²) in [6.07, 6.45) is 5.98. The van der Waals surface area contributed by atoms with Crippen molar-refractivity contribution in [3.8, 4) is 17.2 Å². The van der Waals surface area contributed by atoms with Crippen molar-refractivity contribution in [1.82, 2.24) is 10.0 Å². The van der Waals surface area contributed by atoms with Gasteiger partial charge in [0.05, 0.1) is 12.0 Å². The van der Waals surface area contributed by atoms with Crippen molar-refractivity contribution >= 4 is 39.0 Å². The Morgan fingerprint density at radius 1 is 1.14 bits per heavy atom. The van der Waals surface area contributed by atoms with Gasteiger partial charge in [0, 0.05) is 49.4 Å². The molecule has 4 rings (SSSR count). The Balaban J connectivity index is 1.29. The van der Waals surface area contributed by atoms with E-state index in [4.69, 9.17) is 14.0 Å². The molecule has 0 N–H and O–H groups in total. The van der Waals surface area contributed by atoms with E-state index in [1.54, 1.807) is 12.1 Å². The van der Waals surface area contributed by atoms with E-state index >= 15 is 0 Å². The average molecular weight is 518 g/mol. The second kappa shape index (κ2) is 10.4. The Morgan fingerprint density at radius 2 is 1.83 bits per heavy atom. The van der Waals surface area contributed by atoms with Crippen LogP contribution in [0, 0.1) is 0 Å². The molecular weight excluding hydrogens is 494 g/mol. The predicted octanol–water partition coefficient (Wildman–Crippen LogP) is 1.86. The average Bonchev–Trinajstić information content (AvgIpc) is 3.40. The number of fused-ring (bicyclic) bond motifs is 1. The van der Waals surface area contributed by atoms with Crippen LogP contribution in [0.1, 0.15) is 38.5 Å². The van der Waals surface area contributed by atoms with Crippen LogP contribution >= 0.6 is 0 Å². The van der Waals surface area contributed by atoms with Crippen LogP contribution in [0.2, 0.25) is 0 Å². The molecular formula is C23H23N3O9S. The van der Waals surface area contributed by atoms with Gasteiger partial charge in [0.15, 0.2) is 18.0 Å². The Hall–Kier alpha value is -3.84. The molecule has 0 saturated carbocycles. The van der Waals surface area contributed by atoms with E-state index in [1.165, 1.54) is 13.2 Å². The van der Waals surface area contributed by atoms with E-state index < -0.39 is 32.8 Å². The molecule has 1 saturated heterocycles. The molecule has 0 atom stereocenters. The number of pyridine rings is 1. The van der Waals surface area contributed by atoms with Crippen LogP contribution < -0.4 is 9.30 Å². The summed E-state index contributed by atoms with van der Waals surface area (Å²) in [5, 5.41) is 0.553. The molecule has 1 fully saturated rings. The number of imide groups is 1. The molecule has 1 aliphatic rings. The van der Waals surface area contributed by atoms with Crippen LogP contribution in [0.15, 0.2) is 46.0 Å². The third-order valence-electron chi connectivity index (χ3n) is 5.58. The van der Waals surface area contributed by atoms with Crippen molar-refractivity contribution in [2.24, 2.45) is 0 Å². The van der Waals surface area contributed by atoms with Gasteiger partial charge in [-0.05, 0) is 18.9 Å². The van der Waals surface area contributed by atoms with Crippen LogP contribution in [0.4, 0.5) is 0 Å². The third-order valence-corrected chi connectivity index (χ3v) is 6.44. The lowest BCUT2D eigenvalue weighted by atomic mass is 10.2. The first-order valence-corrected chi connectivity index (χ1v) is 12.6. The van der Waals surface area contributed by atoms with Crippen LogP contribution in [-0.4, -0.2) is 47.9 Å². The molecule has 0 bridgehead atoms. The maximum atomic E-state index is 11.8. The van der Waals surface area contributed by atoms with E-state index in [2.05, 4.69) is 4.98 Å². The molecule has 0 spiro atoms. The number of amides is 2. The molecule has 36 heavy (non-hydrogen) atoms. The number of hydrogen-bond donors (Lipinski definition) is 0. The van der Waals surface area contributed by atoms with E-state index in [9.17, 15) is 27.4 Å². The first kappa shape index (κ1) is 25.3. The maximum Gasteiger partial charge on any atom is 0.333 e. The fraction of sp³-hybridized carbons (Fsp3) is 0.348. The highest BCUT2D eigenvalue weighted by molar-refractivity contribution is 7.85. The van der Waals surface area contributed by atoms with Gasteiger partial charge in [0.2, 0.25) is 5.89 Å². The third kappa shape index (κ3) is 5.69. The van der Waals surface area contributed by atoms with Gasteiger partial charge in [-0.2, -0.15) is 0 Å². The van der Waals surface area contributed by atoms with Crippen molar-refractivity contribution in [3.05, 3.63) is 36.7 Å². The number of carbonyl (C=O) groups excluding carboxylic acids is 3. The highest BCUT2D eigenvalue weighted by Crippen LogP contribution is 2.32. The lowest BCUT2D eigenvalue weighted by Crippen LogP contribution is -2.32. The zero-order valence-corrected chi connectivity index (χ0v) is 20.2. The summed E-state index contributed by atoms with van der Waals surface area (Å²) in [6, 6.07) is 6.02. The lowest BCUT2D eigenvalue weighted by Gasteiger charge is -2.12. The fourth-order valence-corrected chi connectivity index (χ4v) is 4.35. The quantitative estimate of drug-likeness (QED) is 0.168. The van der Waals surface area contributed by atoms with Gasteiger partial charge in [-0.1, -0.05) is 0 Å². The van der Waals surface area contributed by atoms with Crippen molar-refractivity contribution in [3.63, 3.8) is 0 Å². The number of unbranched alkanes of at least 4 members (excludes halogenated alkanes) is 2. The molecule has 2 aromatic heterocycles. The number of rotatable bonds is 10. The molecule has 1 aliphatic heterocycles. The van der Waals surface area contributed by atoms with E-state index in [-0.39, 0.29) is 42.0 Å². The van der Waals surface area contributed by atoms with E-state index in [1.807, 2.05) is 17.0 Å². The van der Waals surface area contributed by atoms with Crippen LogP contribution in [-0.2, 0) is 35.9 Å². The Kier molecular flexibility index (Phi) is 7.31. The van der Waals surface area contributed by atoms with E-state index in [0.717, 1.165) is 18.9 Å².